The zero-order valence-corrected chi connectivity index (χ0v) is 22.5. The summed E-state index contributed by atoms with van der Waals surface area (Å²) < 4.78 is 2.43. The number of hydrogen-bond acceptors (Lipinski definition) is 1. The molecule has 1 aromatic carbocycles. The second-order valence-corrected chi connectivity index (χ2v) is 11.2. The average Bonchev–Trinajstić information content (AvgIpc) is 3.22. The summed E-state index contributed by atoms with van der Waals surface area (Å²) in [6.07, 6.45) is 20.1. The monoisotopic (exact) mass is 470 g/mol. The Morgan fingerprint density at radius 2 is 1.80 bits per heavy atom. The highest BCUT2D eigenvalue weighted by Crippen LogP contribution is 2.38. The summed E-state index contributed by atoms with van der Waals surface area (Å²) in [5.74, 6) is 1.67. The number of nitrogens with zero attached hydrogens (tertiary/aromatic N) is 2. The molecule has 1 aromatic heterocycles. The van der Waals surface area contributed by atoms with E-state index in [0.717, 1.165) is 31.2 Å². The van der Waals surface area contributed by atoms with E-state index >= 15 is 0 Å². The van der Waals surface area contributed by atoms with Crippen molar-refractivity contribution in [1.82, 2.24) is 9.78 Å². The Morgan fingerprint density at radius 1 is 1.06 bits per heavy atom. The predicted octanol–water partition coefficient (Wildman–Crippen LogP) is 9.57. The molecule has 0 N–H and O–H groups in total. The van der Waals surface area contributed by atoms with Crippen molar-refractivity contribution in [1.29, 1.82) is 0 Å². The molecule has 188 valence electrons. The van der Waals surface area contributed by atoms with Gasteiger partial charge in [-0.2, -0.15) is 5.10 Å². The van der Waals surface area contributed by atoms with Gasteiger partial charge in [0, 0.05) is 23.4 Å². The molecule has 2 nitrogen and oxygen atoms in total. The molecule has 2 aliphatic carbocycles. The van der Waals surface area contributed by atoms with Gasteiger partial charge in [0.15, 0.2) is 0 Å². The van der Waals surface area contributed by atoms with E-state index in [-0.39, 0.29) is 0 Å². The Balaban J connectivity index is 1.58. The fraction of sp³-hybridized carbons (Fsp3) is 0.545. The van der Waals surface area contributed by atoms with E-state index in [2.05, 4.69) is 74.5 Å². The summed E-state index contributed by atoms with van der Waals surface area (Å²) >= 11 is 0. The van der Waals surface area contributed by atoms with Gasteiger partial charge in [-0.05, 0) is 82.6 Å². The maximum absolute atomic E-state index is 5.35. The molecule has 1 heterocycles. The van der Waals surface area contributed by atoms with Gasteiger partial charge in [0.1, 0.15) is 5.69 Å². The van der Waals surface area contributed by atoms with Gasteiger partial charge in [-0.15, -0.1) is 6.58 Å². The predicted molar refractivity (Wildman–Crippen MR) is 151 cm³/mol. The number of allylic oxidation sites excluding steroid dienone is 5. The Labute approximate surface area is 214 Å². The minimum atomic E-state index is 0.752. The van der Waals surface area contributed by atoms with Crippen molar-refractivity contribution in [2.24, 2.45) is 11.8 Å². The van der Waals surface area contributed by atoms with Gasteiger partial charge in [0.05, 0.1) is 0 Å². The van der Waals surface area contributed by atoms with Crippen LogP contribution >= 0.6 is 0 Å². The third kappa shape index (κ3) is 6.87. The number of aromatic nitrogens is 2. The molecule has 0 spiro atoms. The van der Waals surface area contributed by atoms with Crippen LogP contribution in [0.4, 0.5) is 0 Å². The van der Waals surface area contributed by atoms with Crippen molar-refractivity contribution >= 4 is 5.57 Å². The van der Waals surface area contributed by atoms with Crippen LogP contribution in [-0.4, -0.2) is 9.78 Å². The van der Waals surface area contributed by atoms with E-state index < -0.39 is 0 Å². The third-order valence-electron chi connectivity index (χ3n) is 8.08. The van der Waals surface area contributed by atoms with E-state index in [9.17, 15) is 0 Å². The van der Waals surface area contributed by atoms with Crippen LogP contribution in [0.2, 0.25) is 0 Å². The standard InChI is InChI=1S/C33H46N2/c1-5-6-18-31-32(30-17-11-13-26(4)23-30)33(29-15-8-7-9-16-29)34-35(31)24-28-21-19-27(20-22-28)14-10-12-25(2)3/h7-9,15-17,23,27-28H,2,5-6,10-14,18-22,24H2,1,3-4H3. The maximum Gasteiger partial charge on any atom is 0.100 e. The SMILES string of the molecule is C=C(C)CCCC1CCC(Cn2nc(-c3ccccc3)c(C3=CCCC(C)=C3)c2CCCC)CC1. The van der Waals surface area contributed by atoms with E-state index in [0.29, 0.717) is 0 Å². The van der Waals surface area contributed by atoms with Gasteiger partial charge in [-0.1, -0.05) is 86.2 Å². The fourth-order valence-electron chi connectivity index (χ4n) is 6.01. The Bertz CT molecular complexity index is 1030. The van der Waals surface area contributed by atoms with Crippen molar-refractivity contribution in [2.45, 2.75) is 104 Å². The summed E-state index contributed by atoms with van der Waals surface area (Å²) in [5, 5.41) is 5.35. The second-order valence-electron chi connectivity index (χ2n) is 11.2. The van der Waals surface area contributed by atoms with Crippen LogP contribution in [0.3, 0.4) is 0 Å². The topological polar surface area (TPSA) is 17.8 Å². The summed E-state index contributed by atoms with van der Waals surface area (Å²) in [6, 6.07) is 10.9. The Hall–Kier alpha value is -2.35. The second kappa shape index (κ2) is 12.6. The summed E-state index contributed by atoms with van der Waals surface area (Å²) in [5.41, 5.74) is 9.51. The molecule has 0 unspecified atom stereocenters. The Kier molecular flexibility index (Phi) is 9.24. The van der Waals surface area contributed by atoms with E-state index in [4.69, 9.17) is 5.10 Å². The van der Waals surface area contributed by atoms with Crippen molar-refractivity contribution in [3.8, 4) is 11.3 Å². The fourth-order valence-corrected chi connectivity index (χ4v) is 6.01. The highest BCUT2D eigenvalue weighted by molar-refractivity contribution is 5.86. The first-order valence-electron chi connectivity index (χ1n) is 14.2. The van der Waals surface area contributed by atoms with Crippen LogP contribution < -0.4 is 0 Å². The first-order chi connectivity index (χ1) is 17.0. The normalized spacial score (nSPS) is 20.4. The number of rotatable bonds is 11. The van der Waals surface area contributed by atoms with Gasteiger partial charge in [0.2, 0.25) is 0 Å². The zero-order chi connectivity index (χ0) is 24.6. The Morgan fingerprint density at radius 3 is 2.49 bits per heavy atom. The molecule has 0 saturated heterocycles. The molecule has 0 atom stereocenters. The van der Waals surface area contributed by atoms with Gasteiger partial charge in [0.25, 0.3) is 0 Å². The van der Waals surface area contributed by atoms with Crippen LogP contribution in [0.25, 0.3) is 16.8 Å². The van der Waals surface area contributed by atoms with E-state index in [1.807, 2.05) is 0 Å². The van der Waals surface area contributed by atoms with E-state index in [1.54, 1.807) is 0 Å². The van der Waals surface area contributed by atoms with Crippen molar-refractivity contribution in [3.05, 3.63) is 71.5 Å². The first kappa shape index (κ1) is 25.7. The quantitative estimate of drug-likeness (QED) is 0.299. The minimum absolute atomic E-state index is 0.752. The van der Waals surface area contributed by atoms with Crippen LogP contribution in [0.5, 0.6) is 0 Å². The number of hydrogen-bond donors (Lipinski definition) is 0. The van der Waals surface area contributed by atoms with Gasteiger partial charge >= 0.3 is 0 Å². The van der Waals surface area contributed by atoms with Crippen molar-refractivity contribution < 1.29 is 0 Å². The molecule has 2 heteroatoms. The smallest absolute Gasteiger partial charge is 0.100 e. The molecular formula is C33H46N2. The lowest BCUT2D eigenvalue weighted by Gasteiger charge is -2.29. The molecule has 0 aliphatic heterocycles. The zero-order valence-electron chi connectivity index (χ0n) is 22.5. The van der Waals surface area contributed by atoms with Crippen LogP contribution in [0, 0.1) is 11.8 Å². The largest absolute Gasteiger partial charge is 0.268 e. The molecule has 0 radical (unpaired) electrons. The molecule has 0 amide bonds. The highest BCUT2D eigenvalue weighted by Gasteiger charge is 2.26. The first-order valence-corrected chi connectivity index (χ1v) is 14.2. The molecule has 2 aliphatic rings. The third-order valence-corrected chi connectivity index (χ3v) is 8.08. The van der Waals surface area contributed by atoms with Crippen LogP contribution in [0.1, 0.15) is 103 Å². The van der Waals surface area contributed by atoms with Crippen LogP contribution in [0.15, 0.2) is 60.2 Å². The number of unbranched alkanes of at least 4 members (excludes halogenated alkanes) is 1. The summed E-state index contributed by atoms with van der Waals surface area (Å²) in [7, 11) is 0. The lowest BCUT2D eigenvalue weighted by atomic mass is 9.79. The molecule has 1 saturated carbocycles. The molecule has 2 aromatic rings. The van der Waals surface area contributed by atoms with Gasteiger partial charge < -0.3 is 0 Å². The maximum atomic E-state index is 5.35. The van der Waals surface area contributed by atoms with Crippen LogP contribution in [-0.2, 0) is 13.0 Å². The van der Waals surface area contributed by atoms with Crippen molar-refractivity contribution in [3.63, 3.8) is 0 Å². The summed E-state index contributed by atoms with van der Waals surface area (Å²) in [6.45, 7) is 11.9. The molecule has 1 fully saturated rings. The minimum Gasteiger partial charge on any atom is -0.268 e. The van der Waals surface area contributed by atoms with E-state index in [1.165, 1.54) is 103 Å². The van der Waals surface area contributed by atoms with Gasteiger partial charge in [-0.3, -0.25) is 4.68 Å². The lowest BCUT2D eigenvalue weighted by molar-refractivity contribution is 0.233. The molecule has 4 rings (SSSR count). The highest BCUT2D eigenvalue weighted by atomic mass is 15.3. The molecule has 35 heavy (non-hydrogen) atoms. The number of benzene rings is 1. The lowest BCUT2D eigenvalue weighted by Crippen LogP contribution is -2.21. The molecule has 0 bridgehead atoms. The van der Waals surface area contributed by atoms with Crippen molar-refractivity contribution in [2.75, 3.05) is 0 Å². The average molecular weight is 471 g/mol. The molecular weight excluding hydrogens is 424 g/mol. The summed E-state index contributed by atoms with van der Waals surface area (Å²) in [4.78, 5) is 0. The van der Waals surface area contributed by atoms with Gasteiger partial charge in [-0.25, -0.2) is 0 Å².